The third-order valence-electron chi connectivity index (χ3n) is 4.30. The van der Waals surface area contributed by atoms with Crippen LogP contribution in [0.15, 0.2) is 24.3 Å². The number of nitrogens with zero attached hydrogens (tertiary/aromatic N) is 1. The smallest absolute Gasteiger partial charge is 0.261 e. The zero-order valence-corrected chi connectivity index (χ0v) is 13.7. The highest BCUT2D eigenvalue weighted by Gasteiger charge is 2.38. The van der Waals surface area contributed by atoms with Gasteiger partial charge in [0.15, 0.2) is 0 Å². The van der Waals surface area contributed by atoms with Crippen molar-refractivity contribution < 1.29 is 4.79 Å². The second-order valence-corrected chi connectivity index (χ2v) is 8.45. The highest BCUT2D eigenvalue weighted by atomic mass is 35.5. The van der Waals surface area contributed by atoms with Crippen molar-refractivity contribution >= 4 is 40.2 Å². The van der Waals surface area contributed by atoms with E-state index < -0.39 is 0 Å². The van der Waals surface area contributed by atoms with Crippen molar-refractivity contribution in [2.45, 2.75) is 12.5 Å². The Morgan fingerprint density at radius 1 is 1.19 bits per heavy atom. The molecule has 0 aromatic carbocycles. The van der Waals surface area contributed by atoms with Crippen LogP contribution in [0.4, 0.5) is 0 Å². The minimum Gasteiger partial charge on any atom is -0.347 e. The Labute approximate surface area is 136 Å². The third-order valence-corrected chi connectivity index (χ3v) is 6.81. The van der Waals surface area contributed by atoms with E-state index in [-0.39, 0.29) is 5.91 Å². The number of nitrogens with one attached hydrogen (secondary N) is 1. The summed E-state index contributed by atoms with van der Waals surface area (Å²) in [6.45, 7) is 3.35. The van der Waals surface area contributed by atoms with Gasteiger partial charge >= 0.3 is 0 Å². The van der Waals surface area contributed by atoms with Gasteiger partial charge < -0.3 is 10.2 Å². The summed E-state index contributed by atoms with van der Waals surface area (Å²) in [5.74, 6) is 0.706. The summed E-state index contributed by atoms with van der Waals surface area (Å²) in [4.78, 5) is 17.8. The number of piperidine rings is 1. The minimum absolute atomic E-state index is 0.0626. The predicted molar refractivity (Wildman–Crippen MR) is 88.4 cm³/mol. The fraction of sp³-hybridized carbons (Fsp3) is 0.400. The average Bonchev–Trinajstić information content (AvgIpc) is 3.22. The summed E-state index contributed by atoms with van der Waals surface area (Å²) in [5, 5.41) is 3.20. The molecule has 2 aliphatic heterocycles. The molecule has 3 nitrogen and oxygen atoms in total. The molecule has 2 bridgehead atoms. The summed E-state index contributed by atoms with van der Waals surface area (Å²) in [6, 6.07) is 8.14. The van der Waals surface area contributed by atoms with E-state index >= 15 is 0 Å². The molecule has 4 heterocycles. The van der Waals surface area contributed by atoms with E-state index in [1.54, 1.807) is 11.3 Å². The van der Waals surface area contributed by atoms with E-state index in [4.69, 9.17) is 11.6 Å². The summed E-state index contributed by atoms with van der Waals surface area (Å²) >= 11 is 9.05. The largest absolute Gasteiger partial charge is 0.347 e. The Morgan fingerprint density at radius 3 is 2.67 bits per heavy atom. The van der Waals surface area contributed by atoms with Gasteiger partial charge in [0, 0.05) is 28.9 Å². The number of carbonyl (C=O) groups is 1. The summed E-state index contributed by atoms with van der Waals surface area (Å²) in [7, 11) is 0. The number of hydrogen-bond acceptors (Lipinski definition) is 4. The first kappa shape index (κ1) is 13.8. The van der Waals surface area contributed by atoms with Crippen molar-refractivity contribution in [2.24, 2.45) is 5.92 Å². The minimum atomic E-state index is 0.0626. The van der Waals surface area contributed by atoms with Gasteiger partial charge in [0.25, 0.3) is 5.91 Å². The van der Waals surface area contributed by atoms with Gasteiger partial charge in [-0.1, -0.05) is 11.6 Å². The second kappa shape index (κ2) is 5.39. The molecule has 110 valence electrons. The van der Waals surface area contributed by atoms with Crippen LogP contribution in [0.2, 0.25) is 4.34 Å². The maximum atomic E-state index is 12.4. The lowest BCUT2D eigenvalue weighted by atomic mass is 10.00. The van der Waals surface area contributed by atoms with Gasteiger partial charge in [-0.25, -0.2) is 0 Å². The monoisotopic (exact) mass is 338 g/mol. The Kier molecular flexibility index (Phi) is 3.53. The fourth-order valence-electron chi connectivity index (χ4n) is 3.23. The van der Waals surface area contributed by atoms with E-state index in [1.165, 1.54) is 24.3 Å². The Balaban J connectivity index is 1.46. The molecule has 1 unspecified atom stereocenters. The summed E-state index contributed by atoms with van der Waals surface area (Å²) in [5.41, 5.74) is 0. The Hall–Kier alpha value is -0.880. The van der Waals surface area contributed by atoms with Crippen molar-refractivity contribution in [2.75, 3.05) is 19.6 Å². The molecule has 0 radical (unpaired) electrons. The van der Waals surface area contributed by atoms with E-state index in [9.17, 15) is 4.79 Å². The first-order valence-corrected chi connectivity index (χ1v) is 9.09. The number of rotatable bonds is 3. The quantitative estimate of drug-likeness (QED) is 0.928. The number of thiophene rings is 2. The average molecular weight is 339 g/mol. The first-order valence-electron chi connectivity index (χ1n) is 7.08. The molecule has 2 saturated heterocycles. The van der Waals surface area contributed by atoms with Crippen molar-refractivity contribution in [1.29, 1.82) is 0 Å². The number of hydrogen-bond donors (Lipinski definition) is 1. The van der Waals surface area contributed by atoms with Crippen molar-refractivity contribution in [3.63, 3.8) is 0 Å². The molecule has 21 heavy (non-hydrogen) atoms. The summed E-state index contributed by atoms with van der Waals surface area (Å²) < 4.78 is 0.778. The molecule has 2 aliphatic rings. The molecule has 2 fully saturated rings. The standard InChI is InChI=1S/C15H15ClN2OS2/c16-14-4-3-12(21-14)11-1-2-13(20-11)15(19)17-10-8-18-6-5-9(10)7-18/h1-4,9-10H,5-8H2,(H,17,19)/t9-,10-/m0/s1. The molecule has 0 spiro atoms. The topological polar surface area (TPSA) is 32.3 Å². The molecule has 0 saturated carbocycles. The van der Waals surface area contributed by atoms with Crippen LogP contribution in [-0.2, 0) is 0 Å². The molecule has 3 atom stereocenters. The molecular weight excluding hydrogens is 324 g/mol. The highest BCUT2D eigenvalue weighted by molar-refractivity contribution is 7.24. The van der Waals surface area contributed by atoms with Gasteiger partial charge in [0.2, 0.25) is 0 Å². The third kappa shape index (κ3) is 2.63. The van der Waals surface area contributed by atoms with E-state index in [0.29, 0.717) is 12.0 Å². The SMILES string of the molecule is O=C(N[C@H]1CN2CC[C@H]1C2)c1ccc(-c2ccc(Cl)s2)s1. The van der Waals surface area contributed by atoms with Gasteiger partial charge in [0.05, 0.1) is 9.21 Å². The van der Waals surface area contributed by atoms with Crippen LogP contribution in [0.25, 0.3) is 9.75 Å². The van der Waals surface area contributed by atoms with Crippen LogP contribution in [0.1, 0.15) is 16.1 Å². The molecule has 1 amide bonds. The number of amides is 1. The van der Waals surface area contributed by atoms with Crippen LogP contribution in [0, 0.1) is 5.92 Å². The zero-order valence-electron chi connectivity index (χ0n) is 11.3. The van der Waals surface area contributed by atoms with Crippen LogP contribution < -0.4 is 5.32 Å². The molecule has 6 heteroatoms. The molecule has 1 N–H and O–H groups in total. The molecule has 2 aromatic heterocycles. The lowest BCUT2D eigenvalue weighted by Crippen LogP contribution is -2.42. The van der Waals surface area contributed by atoms with Gasteiger partial charge in [-0.3, -0.25) is 4.79 Å². The number of halogens is 1. The number of fused-ring (bicyclic) bond motifs is 2. The van der Waals surface area contributed by atoms with E-state index in [0.717, 1.165) is 32.1 Å². The van der Waals surface area contributed by atoms with Crippen molar-refractivity contribution in [3.8, 4) is 9.75 Å². The van der Waals surface area contributed by atoms with Crippen LogP contribution in [0.3, 0.4) is 0 Å². The van der Waals surface area contributed by atoms with Gasteiger partial charge in [0.1, 0.15) is 0 Å². The zero-order chi connectivity index (χ0) is 14.4. The Morgan fingerprint density at radius 2 is 2.00 bits per heavy atom. The normalized spacial score (nSPS) is 27.2. The molecule has 0 aliphatic carbocycles. The maximum absolute atomic E-state index is 12.4. The van der Waals surface area contributed by atoms with E-state index in [2.05, 4.69) is 10.2 Å². The van der Waals surface area contributed by atoms with Crippen molar-refractivity contribution in [3.05, 3.63) is 33.5 Å². The maximum Gasteiger partial charge on any atom is 0.261 e. The van der Waals surface area contributed by atoms with Gasteiger partial charge in [-0.15, -0.1) is 22.7 Å². The van der Waals surface area contributed by atoms with E-state index in [1.807, 2.05) is 24.3 Å². The predicted octanol–water partition coefficient (Wildman–Crippen LogP) is 3.56. The first-order chi connectivity index (χ1) is 10.2. The van der Waals surface area contributed by atoms with Crippen LogP contribution in [0.5, 0.6) is 0 Å². The molecular formula is C15H15ClN2OS2. The molecule has 2 aromatic rings. The number of carbonyl (C=O) groups excluding carboxylic acids is 1. The summed E-state index contributed by atoms with van der Waals surface area (Å²) in [6.07, 6.45) is 1.22. The van der Waals surface area contributed by atoms with Crippen LogP contribution >= 0.6 is 34.3 Å². The lowest BCUT2D eigenvalue weighted by Gasteiger charge is -2.22. The second-order valence-electron chi connectivity index (χ2n) is 5.66. The molecule has 4 rings (SSSR count). The van der Waals surface area contributed by atoms with Crippen LogP contribution in [-0.4, -0.2) is 36.5 Å². The van der Waals surface area contributed by atoms with Crippen molar-refractivity contribution in [1.82, 2.24) is 10.2 Å². The lowest BCUT2D eigenvalue weighted by molar-refractivity contribution is 0.0928. The van der Waals surface area contributed by atoms with Gasteiger partial charge in [-0.2, -0.15) is 0 Å². The fourth-order valence-corrected chi connectivity index (χ4v) is 5.27. The Bertz CT molecular complexity index is 681. The van der Waals surface area contributed by atoms with Gasteiger partial charge in [-0.05, 0) is 43.1 Å². The highest BCUT2D eigenvalue weighted by Crippen LogP contribution is 2.35.